The molecular formula is C22H32O5. The molecule has 5 nitrogen and oxygen atoms in total. The summed E-state index contributed by atoms with van der Waals surface area (Å²) in [4.78, 5) is 38.6. The van der Waals surface area contributed by atoms with Crippen LogP contribution < -0.4 is 0 Å². The number of carbonyl (C=O) groups excluding carboxylic acids is 3. The lowest BCUT2D eigenvalue weighted by molar-refractivity contribution is -0.194. The van der Waals surface area contributed by atoms with E-state index in [0.29, 0.717) is 12.8 Å². The Bertz CT molecular complexity index is 684. The number of hydrogen-bond donors (Lipinski definition) is 1. The van der Waals surface area contributed by atoms with Crippen molar-refractivity contribution in [1.29, 1.82) is 0 Å². The van der Waals surface area contributed by atoms with E-state index in [-0.39, 0.29) is 34.7 Å². The number of hydrogen-bond acceptors (Lipinski definition) is 5. The molecule has 27 heavy (non-hydrogen) atoms. The SMILES string of the molecule is C=C[C@]1(C)C[C@@H](OC(=O)CO)C2(C)C(C)CCC3(CCC(=O)C32)[C@@H](C)C1=O. The van der Waals surface area contributed by atoms with Gasteiger partial charge < -0.3 is 9.84 Å². The number of carbonyl (C=O) groups is 3. The van der Waals surface area contributed by atoms with Crippen LogP contribution in [0.3, 0.4) is 0 Å². The monoisotopic (exact) mass is 376 g/mol. The van der Waals surface area contributed by atoms with Crippen LogP contribution in [0.5, 0.6) is 0 Å². The molecule has 3 aliphatic carbocycles. The van der Waals surface area contributed by atoms with Gasteiger partial charge in [-0.3, -0.25) is 9.59 Å². The maximum Gasteiger partial charge on any atom is 0.332 e. The lowest BCUT2D eigenvalue weighted by atomic mass is 9.44. The third-order valence-corrected chi connectivity index (χ3v) is 8.44. The van der Waals surface area contributed by atoms with E-state index in [1.807, 2.05) is 13.8 Å². The van der Waals surface area contributed by atoms with Crippen LogP contribution in [0.2, 0.25) is 0 Å². The van der Waals surface area contributed by atoms with E-state index in [9.17, 15) is 19.5 Å². The van der Waals surface area contributed by atoms with E-state index in [1.54, 1.807) is 6.08 Å². The molecule has 0 amide bonds. The Morgan fingerprint density at radius 1 is 1.30 bits per heavy atom. The Morgan fingerprint density at radius 3 is 2.56 bits per heavy atom. The van der Waals surface area contributed by atoms with Crippen LogP contribution >= 0.6 is 0 Å². The van der Waals surface area contributed by atoms with Crippen molar-refractivity contribution >= 4 is 17.5 Å². The van der Waals surface area contributed by atoms with Crippen molar-refractivity contribution < 1.29 is 24.2 Å². The zero-order chi connectivity index (χ0) is 20.2. The van der Waals surface area contributed by atoms with E-state index in [2.05, 4.69) is 20.4 Å². The van der Waals surface area contributed by atoms with Gasteiger partial charge >= 0.3 is 5.97 Å². The molecule has 0 aromatic heterocycles. The molecule has 0 aromatic carbocycles. The highest BCUT2D eigenvalue weighted by atomic mass is 16.6. The first kappa shape index (κ1) is 20.2. The summed E-state index contributed by atoms with van der Waals surface area (Å²) in [5.41, 5.74) is -1.76. The smallest absolute Gasteiger partial charge is 0.332 e. The number of aliphatic hydroxyl groups is 1. The third kappa shape index (κ3) is 2.65. The molecule has 150 valence electrons. The highest BCUT2D eigenvalue weighted by Crippen LogP contribution is 2.67. The van der Waals surface area contributed by atoms with Gasteiger partial charge in [-0.1, -0.05) is 26.8 Å². The summed E-state index contributed by atoms with van der Waals surface area (Å²) in [6.45, 7) is 11.2. The minimum atomic E-state index is -0.832. The van der Waals surface area contributed by atoms with Crippen molar-refractivity contribution in [2.45, 2.75) is 65.9 Å². The molecule has 4 unspecified atom stereocenters. The fraction of sp³-hybridized carbons (Fsp3) is 0.773. The maximum absolute atomic E-state index is 13.5. The summed E-state index contributed by atoms with van der Waals surface area (Å²) >= 11 is 0. The first-order chi connectivity index (χ1) is 12.6. The average molecular weight is 376 g/mol. The van der Waals surface area contributed by atoms with Crippen LogP contribution in [0.1, 0.15) is 59.8 Å². The van der Waals surface area contributed by atoms with Crippen molar-refractivity contribution in [3.8, 4) is 0 Å². The highest BCUT2D eigenvalue weighted by Gasteiger charge is 2.68. The topological polar surface area (TPSA) is 80.7 Å². The second-order valence-electron chi connectivity index (χ2n) is 9.49. The number of rotatable bonds is 3. The Labute approximate surface area is 161 Å². The van der Waals surface area contributed by atoms with Gasteiger partial charge in [0, 0.05) is 35.5 Å². The van der Waals surface area contributed by atoms with E-state index in [0.717, 1.165) is 19.3 Å². The minimum Gasteiger partial charge on any atom is -0.460 e. The average Bonchev–Trinajstić information content (AvgIpc) is 3.00. The van der Waals surface area contributed by atoms with Gasteiger partial charge in [0.05, 0.1) is 0 Å². The molecule has 2 bridgehead atoms. The molecule has 0 aliphatic heterocycles. The summed E-state index contributed by atoms with van der Waals surface area (Å²) in [5, 5.41) is 9.26. The Kier molecular flexibility index (Phi) is 4.91. The van der Waals surface area contributed by atoms with E-state index >= 15 is 0 Å². The van der Waals surface area contributed by atoms with Crippen molar-refractivity contribution in [3.05, 3.63) is 12.7 Å². The van der Waals surface area contributed by atoms with Crippen LogP contribution in [0.15, 0.2) is 12.7 Å². The molecule has 3 fully saturated rings. The molecule has 0 saturated heterocycles. The number of aliphatic hydroxyl groups excluding tert-OH is 1. The van der Waals surface area contributed by atoms with Crippen molar-refractivity contribution in [2.24, 2.45) is 34.0 Å². The highest BCUT2D eigenvalue weighted by molar-refractivity contribution is 5.93. The van der Waals surface area contributed by atoms with Gasteiger partial charge in [0.1, 0.15) is 24.3 Å². The van der Waals surface area contributed by atoms with Gasteiger partial charge in [-0.05, 0) is 37.5 Å². The maximum atomic E-state index is 13.5. The summed E-state index contributed by atoms with van der Waals surface area (Å²) in [5.74, 6) is -0.794. The summed E-state index contributed by atoms with van der Waals surface area (Å²) < 4.78 is 5.73. The molecule has 0 radical (unpaired) electrons. The molecule has 3 saturated carbocycles. The Morgan fingerprint density at radius 2 is 1.96 bits per heavy atom. The standard InChI is InChI=1S/C22H32O5/c1-6-20(4)11-16(27-17(25)12-23)21(5)13(2)7-9-22(14(3)19(20)26)10-8-15(24)18(21)22/h6,13-14,16,18,23H,1,7-12H2,2-5H3/t13?,14-,16+,18?,20+,21?,22?/m0/s1. The summed E-state index contributed by atoms with van der Waals surface area (Å²) in [6, 6.07) is 0. The van der Waals surface area contributed by atoms with E-state index in [1.165, 1.54) is 0 Å². The lowest BCUT2D eigenvalue weighted by Crippen LogP contribution is -2.62. The zero-order valence-electron chi connectivity index (χ0n) is 16.9. The van der Waals surface area contributed by atoms with Crippen LogP contribution in [0.25, 0.3) is 0 Å². The number of ether oxygens (including phenoxy) is 1. The van der Waals surface area contributed by atoms with Gasteiger partial charge in [-0.25, -0.2) is 4.79 Å². The number of ketones is 2. The van der Waals surface area contributed by atoms with E-state index in [4.69, 9.17) is 4.74 Å². The fourth-order valence-electron chi connectivity index (χ4n) is 6.48. The van der Waals surface area contributed by atoms with Crippen molar-refractivity contribution in [3.63, 3.8) is 0 Å². The largest absolute Gasteiger partial charge is 0.460 e. The molecule has 5 heteroatoms. The van der Waals surface area contributed by atoms with Gasteiger partial charge in [-0.2, -0.15) is 0 Å². The molecule has 3 aliphatic rings. The Hall–Kier alpha value is -1.49. The van der Waals surface area contributed by atoms with Crippen LogP contribution in [-0.4, -0.2) is 35.4 Å². The first-order valence-electron chi connectivity index (χ1n) is 10.1. The normalized spacial score (nSPS) is 47.0. The lowest BCUT2D eigenvalue weighted by Gasteiger charge is -2.60. The number of esters is 1. The summed E-state index contributed by atoms with van der Waals surface area (Å²) in [7, 11) is 0. The Balaban J connectivity index is 2.22. The molecule has 0 heterocycles. The first-order valence-corrected chi connectivity index (χ1v) is 10.1. The molecule has 7 atom stereocenters. The quantitative estimate of drug-likeness (QED) is 0.605. The fourth-order valence-corrected chi connectivity index (χ4v) is 6.48. The van der Waals surface area contributed by atoms with Crippen LogP contribution in [0.4, 0.5) is 0 Å². The van der Waals surface area contributed by atoms with Crippen LogP contribution in [-0.2, 0) is 19.1 Å². The molecular weight excluding hydrogens is 344 g/mol. The number of allylic oxidation sites excluding steroid dienone is 1. The van der Waals surface area contributed by atoms with E-state index < -0.39 is 29.5 Å². The number of Topliss-reactive ketones (excluding diaryl/α,β-unsaturated/α-hetero) is 2. The molecule has 0 aromatic rings. The molecule has 3 rings (SSSR count). The second-order valence-corrected chi connectivity index (χ2v) is 9.49. The predicted molar refractivity (Wildman–Crippen MR) is 101 cm³/mol. The minimum absolute atomic E-state index is 0.0823. The third-order valence-electron chi connectivity index (χ3n) is 8.44. The van der Waals surface area contributed by atoms with Crippen molar-refractivity contribution in [2.75, 3.05) is 6.61 Å². The summed E-state index contributed by atoms with van der Waals surface area (Å²) in [6.07, 6.45) is 4.31. The van der Waals surface area contributed by atoms with Gasteiger partial charge in [0.2, 0.25) is 0 Å². The predicted octanol–water partition coefficient (Wildman–Crippen LogP) is 3.09. The molecule has 1 N–H and O–H groups in total. The van der Waals surface area contributed by atoms with Gasteiger partial charge in [0.25, 0.3) is 0 Å². The van der Waals surface area contributed by atoms with Gasteiger partial charge in [-0.15, -0.1) is 6.58 Å². The second kappa shape index (κ2) is 6.54. The zero-order valence-corrected chi connectivity index (χ0v) is 16.9. The van der Waals surface area contributed by atoms with Crippen molar-refractivity contribution in [1.82, 2.24) is 0 Å². The van der Waals surface area contributed by atoms with Gasteiger partial charge in [0.15, 0.2) is 0 Å². The molecule has 0 spiro atoms. The van der Waals surface area contributed by atoms with Crippen LogP contribution in [0, 0.1) is 34.0 Å².